The molecule has 0 fully saturated rings. The number of alkyl carbamates (subject to hydrolysis) is 1. The Labute approximate surface area is 71.8 Å². The van der Waals surface area contributed by atoms with Crippen LogP contribution >= 0.6 is 0 Å². The lowest BCUT2D eigenvalue weighted by Gasteiger charge is -2.02. The Hall–Kier alpha value is -1.50. The second-order valence-electron chi connectivity index (χ2n) is 2.11. The number of nitrogens with zero attached hydrogens (tertiary/aromatic N) is 1. The van der Waals surface area contributed by atoms with Gasteiger partial charge in [-0.25, -0.2) is 4.79 Å². The van der Waals surface area contributed by atoms with E-state index in [9.17, 15) is 4.79 Å². The van der Waals surface area contributed by atoms with Gasteiger partial charge in [0.25, 0.3) is 0 Å². The van der Waals surface area contributed by atoms with E-state index < -0.39 is 6.09 Å². The Kier molecular flexibility index (Phi) is 5.45. The molecule has 0 spiro atoms. The van der Waals surface area contributed by atoms with Gasteiger partial charge in [0.1, 0.15) is 0 Å². The minimum absolute atomic E-state index is 0.352. The van der Waals surface area contributed by atoms with Gasteiger partial charge in [-0.2, -0.15) is 5.26 Å². The average molecular weight is 168 g/mol. The zero-order chi connectivity index (χ0) is 9.40. The van der Waals surface area contributed by atoms with Crippen molar-refractivity contribution in [3.63, 3.8) is 0 Å². The second kappa shape index (κ2) is 6.23. The molecule has 4 nitrogen and oxygen atoms in total. The van der Waals surface area contributed by atoms with Crippen molar-refractivity contribution in [3.8, 4) is 6.07 Å². The van der Waals surface area contributed by atoms with Gasteiger partial charge >= 0.3 is 6.09 Å². The Morgan fingerprint density at radius 3 is 2.92 bits per heavy atom. The first-order chi connectivity index (χ1) is 5.70. The van der Waals surface area contributed by atoms with Crippen LogP contribution < -0.4 is 5.32 Å². The molecule has 1 N–H and O–H groups in total. The molecule has 0 heterocycles. The summed E-state index contributed by atoms with van der Waals surface area (Å²) in [7, 11) is 0. The minimum atomic E-state index is -0.455. The first kappa shape index (κ1) is 10.5. The summed E-state index contributed by atoms with van der Waals surface area (Å²) in [6, 6.07) is 1.88. The zero-order valence-electron chi connectivity index (χ0n) is 7.09. The van der Waals surface area contributed by atoms with Gasteiger partial charge in [-0.15, -0.1) is 0 Å². The molecule has 1 amide bonds. The van der Waals surface area contributed by atoms with Gasteiger partial charge in [-0.1, -0.05) is 6.58 Å². The van der Waals surface area contributed by atoms with Gasteiger partial charge < -0.3 is 10.1 Å². The van der Waals surface area contributed by atoms with E-state index in [2.05, 4.69) is 16.6 Å². The monoisotopic (exact) mass is 168 g/mol. The average Bonchev–Trinajstić information content (AvgIpc) is 2.04. The van der Waals surface area contributed by atoms with Gasteiger partial charge in [-0.05, 0) is 13.3 Å². The van der Waals surface area contributed by atoms with Crippen LogP contribution in [-0.2, 0) is 4.74 Å². The lowest BCUT2D eigenvalue weighted by molar-refractivity contribution is 0.152. The first-order valence-electron chi connectivity index (χ1n) is 3.69. The molecule has 0 rings (SSSR count). The van der Waals surface area contributed by atoms with Gasteiger partial charge in [0.2, 0.25) is 0 Å². The highest BCUT2D eigenvalue weighted by Crippen LogP contribution is 1.92. The van der Waals surface area contributed by atoms with Crippen molar-refractivity contribution in [3.05, 3.63) is 12.2 Å². The van der Waals surface area contributed by atoms with Crippen molar-refractivity contribution in [1.29, 1.82) is 5.26 Å². The highest BCUT2D eigenvalue weighted by atomic mass is 16.5. The highest BCUT2D eigenvalue weighted by molar-refractivity contribution is 5.67. The lowest BCUT2D eigenvalue weighted by atomic mass is 10.2. The summed E-state index contributed by atoms with van der Waals surface area (Å²) >= 11 is 0. The van der Waals surface area contributed by atoms with E-state index in [0.717, 1.165) is 0 Å². The summed E-state index contributed by atoms with van der Waals surface area (Å²) in [6.07, 6.45) is 0.0122. The van der Waals surface area contributed by atoms with E-state index in [1.807, 2.05) is 6.07 Å². The molecule has 0 atom stereocenters. The van der Waals surface area contributed by atoms with Crippen LogP contribution in [0.5, 0.6) is 0 Å². The summed E-state index contributed by atoms with van der Waals surface area (Å²) in [5, 5.41) is 10.8. The molecule has 0 unspecified atom stereocenters. The number of nitrogens with one attached hydrogen (secondary N) is 1. The predicted molar refractivity (Wildman–Crippen MR) is 44.4 cm³/mol. The molecule has 4 heteroatoms. The highest BCUT2D eigenvalue weighted by Gasteiger charge is 1.98. The van der Waals surface area contributed by atoms with E-state index >= 15 is 0 Å². The fourth-order valence-electron chi connectivity index (χ4n) is 0.553. The molecule has 0 aromatic carbocycles. The molecule has 0 aliphatic carbocycles. The standard InChI is InChI=1S/C8H12N2O2/c1-3-12-8(11)10-5-4-7(2)6-9/h2-5H2,1H3,(H,10,11). The number of hydrogen-bond acceptors (Lipinski definition) is 3. The van der Waals surface area contributed by atoms with Crippen molar-refractivity contribution in [1.82, 2.24) is 5.32 Å². The van der Waals surface area contributed by atoms with Crippen molar-refractivity contribution in [2.24, 2.45) is 0 Å². The molecule has 12 heavy (non-hydrogen) atoms. The van der Waals surface area contributed by atoms with E-state index in [1.165, 1.54) is 0 Å². The van der Waals surface area contributed by atoms with Gasteiger partial charge in [0.15, 0.2) is 0 Å². The van der Waals surface area contributed by atoms with Crippen LogP contribution in [0.1, 0.15) is 13.3 Å². The molecule has 0 bridgehead atoms. The summed E-state index contributed by atoms with van der Waals surface area (Å²) in [6.45, 7) is 5.94. The summed E-state index contributed by atoms with van der Waals surface area (Å²) in [5.74, 6) is 0. The van der Waals surface area contributed by atoms with Crippen LogP contribution in [0.25, 0.3) is 0 Å². The molecule has 0 aromatic heterocycles. The maximum atomic E-state index is 10.7. The van der Waals surface area contributed by atoms with Gasteiger partial charge in [0.05, 0.1) is 12.7 Å². The van der Waals surface area contributed by atoms with Gasteiger partial charge in [-0.3, -0.25) is 0 Å². The normalized spacial score (nSPS) is 8.33. The van der Waals surface area contributed by atoms with Crippen molar-refractivity contribution >= 4 is 6.09 Å². The quantitative estimate of drug-likeness (QED) is 0.641. The Balaban J connectivity index is 3.38. The number of amides is 1. The third-order valence-corrected chi connectivity index (χ3v) is 1.13. The molecule has 0 saturated heterocycles. The first-order valence-corrected chi connectivity index (χ1v) is 3.69. The molecule has 0 aliphatic heterocycles. The molecule has 66 valence electrons. The van der Waals surface area contributed by atoms with Crippen molar-refractivity contribution in [2.75, 3.05) is 13.2 Å². The maximum absolute atomic E-state index is 10.7. The lowest BCUT2D eigenvalue weighted by Crippen LogP contribution is -2.25. The zero-order valence-corrected chi connectivity index (χ0v) is 7.09. The Morgan fingerprint density at radius 2 is 2.42 bits per heavy atom. The molecule has 0 radical (unpaired) electrons. The third kappa shape index (κ3) is 5.30. The predicted octanol–water partition coefficient (Wildman–Crippen LogP) is 1.20. The summed E-state index contributed by atoms with van der Waals surface area (Å²) in [5.41, 5.74) is 0.451. The van der Waals surface area contributed by atoms with Crippen molar-refractivity contribution < 1.29 is 9.53 Å². The molecule has 0 aromatic rings. The molecular formula is C8H12N2O2. The Bertz CT molecular complexity index is 206. The number of carbonyl (C=O) groups excluding carboxylic acids is 1. The van der Waals surface area contributed by atoms with Crippen LogP contribution in [0.15, 0.2) is 12.2 Å². The van der Waals surface area contributed by atoms with Crippen LogP contribution in [0.3, 0.4) is 0 Å². The van der Waals surface area contributed by atoms with Crippen LogP contribution in [0.2, 0.25) is 0 Å². The number of nitriles is 1. The molecule has 0 saturated carbocycles. The van der Waals surface area contributed by atoms with Crippen LogP contribution in [0, 0.1) is 11.3 Å². The number of carbonyl (C=O) groups is 1. The maximum Gasteiger partial charge on any atom is 0.407 e. The smallest absolute Gasteiger partial charge is 0.407 e. The third-order valence-electron chi connectivity index (χ3n) is 1.13. The molecule has 0 aliphatic rings. The van der Waals surface area contributed by atoms with Gasteiger partial charge in [0, 0.05) is 12.1 Å². The fraction of sp³-hybridized carbons (Fsp3) is 0.500. The van der Waals surface area contributed by atoms with Crippen LogP contribution in [-0.4, -0.2) is 19.2 Å². The van der Waals surface area contributed by atoms with E-state index in [1.54, 1.807) is 6.92 Å². The number of rotatable bonds is 4. The Morgan fingerprint density at radius 1 is 1.75 bits per heavy atom. The number of ether oxygens (including phenoxy) is 1. The molecular weight excluding hydrogens is 156 g/mol. The van der Waals surface area contributed by atoms with E-state index in [-0.39, 0.29) is 0 Å². The largest absolute Gasteiger partial charge is 0.450 e. The van der Waals surface area contributed by atoms with E-state index in [4.69, 9.17) is 5.26 Å². The van der Waals surface area contributed by atoms with Crippen molar-refractivity contribution in [2.45, 2.75) is 13.3 Å². The number of hydrogen-bond donors (Lipinski definition) is 1. The second-order valence-corrected chi connectivity index (χ2v) is 2.11. The minimum Gasteiger partial charge on any atom is -0.450 e. The SMILES string of the molecule is C=C(C#N)CCNC(=O)OCC. The summed E-state index contributed by atoms with van der Waals surface area (Å²) < 4.78 is 4.59. The summed E-state index contributed by atoms with van der Waals surface area (Å²) in [4.78, 5) is 10.7. The van der Waals surface area contributed by atoms with E-state index in [0.29, 0.717) is 25.1 Å². The topological polar surface area (TPSA) is 62.1 Å². The fourth-order valence-corrected chi connectivity index (χ4v) is 0.553. The van der Waals surface area contributed by atoms with Crippen LogP contribution in [0.4, 0.5) is 4.79 Å².